The minimum Gasteiger partial charge on any atom is -0.497 e. The van der Waals surface area contributed by atoms with Crippen molar-refractivity contribution in [2.45, 2.75) is 26.4 Å². The quantitative estimate of drug-likeness (QED) is 0.535. The number of amides is 2. The molecule has 1 N–H and O–H groups in total. The number of aromatic nitrogens is 2. The fourth-order valence-corrected chi connectivity index (χ4v) is 4.59. The maximum atomic E-state index is 12.7. The molecule has 8 nitrogen and oxygen atoms in total. The van der Waals surface area contributed by atoms with Crippen LogP contribution >= 0.6 is 11.3 Å². The maximum absolute atomic E-state index is 12.7. The third-order valence-electron chi connectivity index (χ3n) is 5.81. The standard InChI is InChI=1S/C25H29N5O3S/c1-18-6-8-19(9-7-18)16-26-24(32)25-28-27-22(34-25)17-29-10-12-30(13-11-29)23(31)15-20-4-3-5-21(14-20)33-2/h3-9,14H,10-13,15-17H2,1-2H3,(H,26,32). The second-order valence-corrected chi connectivity index (χ2v) is 9.42. The Bertz CT molecular complexity index is 1120. The summed E-state index contributed by atoms with van der Waals surface area (Å²) >= 11 is 1.32. The highest BCUT2D eigenvalue weighted by atomic mass is 32.1. The molecule has 0 bridgehead atoms. The smallest absolute Gasteiger partial charge is 0.282 e. The number of carbonyl (C=O) groups excluding carboxylic acids is 2. The van der Waals surface area contributed by atoms with Crippen LogP contribution in [0.2, 0.25) is 0 Å². The molecule has 3 aromatic rings. The Morgan fingerprint density at radius 2 is 1.79 bits per heavy atom. The lowest BCUT2D eigenvalue weighted by Gasteiger charge is -2.34. The van der Waals surface area contributed by atoms with E-state index in [0.29, 0.717) is 37.6 Å². The van der Waals surface area contributed by atoms with Crippen molar-refractivity contribution in [1.82, 2.24) is 25.3 Å². The Hall–Kier alpha value is -3.30. The SMILES string of the molecule is COc1cccc(CC(=O)N2CCN(Cc3nnc(C(=O)NCc4ccc(C)cc4)s3)CC2)c1. The second-order valence-electron chi connectivity index (χ2n) is 8.35. The van der Waals surface area contributed by atoms with Crippen LogP contribution in [0.1, 0.15) is 31.5 Å². The van der Waals surface area contributed by atoms with Gasteiger partial charge >= 0.3 is 0 Å². The molecular weight excluding hydrogens is 450 g/mol. The Morgan fingerprint density at radius 3 is 2.53 bits per heavy atom. The fraction of sp³-hybridized carbons (Fsp3) is 0.360. The number of rotatable bonds is 8. The number of methoxy groups -OCH3 is 1. The molecule has 2 heterocycles. The van der Waals surface area contributed by atoms with E-state index in [4.69, 9.17) is 4.74 Å². The predicted molar refractivity (Wildman–Crippen MR) is 131 cm³/mol. The topological polar surface area (TPSA) is 87.7 Å². The molecule has 0 aliphatic carbocycles. The van der Waals surface area contributed by atoms with Gasteiger partial charge < -0.3 is 15.0 Å². The van der Waals surface area contributed by atoms with E-state index in [-0.39, 0.29) is 11.8 Å². The van der Waals surface area contributed by atoms with Gasteiger partial charge in [0.2, 0.25) is 10.9 Å². The molecule has 0 atom stereocenters. The zero-order chi connectivity index (χ0) is 23.9. The molecule has 34 heavy (non-hydrogen) atoms. The third kappa shape index (κ3) is 6.39. The van der Waals surface area contributed by atoms with Gasteiger partial charge in [0.15, 0.2) is 0 Å². The highest BCUT2D eigenvalue weighted by Gasteiger charge is 2.23. The molecule has 0 radical (unpaired) electrons. The van der Waals surface area contributed by atoms with Crippen molar-refractivity contribution in [3.05, 3.63) is 75.2 Å². The van der Waals surface area contributed by atoms with E-state index >= 15 is 0 Å². The molecule has 1 fully saturated rings. The van der Waals surface area contributed by atoms with Crippen molar-refractivity contribution in [3.63, 3.8) is 0 Å². The number of carbonyl (C=O) groups is 2. The first kappa shape index (κ1) is 23.8. The van der Waals surface area contributed by atoms with Gasteiger partial charge in [-0.1, -0.05) is 53.3 Å². The predicted octanol–water partition coefficient (Wildman–Crippen LogP) is 2.67. The summed E-state index contributed by atoms with van der Waals surface area (Å²) in [5.74, 6) is 0.670. The lowest BCUT2D eigenvalue weighted by Crippen LogP contribution is -2.48. The Kier molecular flexibility index (Phi) is 7.87. The van der Waals surface area contributed by atoms with Crippen molar-refractivity contribution in [3.8, 4) is 5.75 Å². The highest BCUT2D eigenvalue weighted by molar-refractivity contribution is 7.13. The van der Waals surface area contributed by atoms with Crippen LogP contribution in [0.15, 0.2) is 48.5 Å². The Morgan fingerprint density at radius 1 is 1.03 bits per heavy atom. The number of aryl methyl sites for hydroxylation is 1. The summed E-state index contributed by atoms with van der Waals surface area (Å²) in [5, 5.41) is 12.3. The van der Waals surface area contributed by atoms with E-state index in [1.165, 1.54) is 16.9 Å². The first-order valence-corrected chi connectivity index (χ1v) is 12.1. The normalized spacial score (nSPS) is 14.1. The summed E-state index contributed by atoms with van der Waals surface area (Å²) in [6.45, 7) is 5.99. The second kappa shape index (κ2) is 11.2. The maximum Gasteiger partial charge on any atom is 0.282 e. The molecule has 0 saturated carbocycles. The summed E-state index contributed by atoms with van der Waals surface area (Å²) in [4.78, 5) is 29.3. The van der Waals surface area contributed by atoms with Crippen molar-refractivity contribution < 1.29 is 14.3 Å². The molecule has 1 aromatic heterocycles. The molecule has 0 spiro atoms. The Labute approximate surface area is 203 Å². The molecule has 1 aliphatic rings. The van der Waals surface area contributed by atoms with Crippen LogP contribution in [0, 0.1) is 6.92 Å². The molecule has 1 saturated heterocycles. The van der Waals surface area contributed by atoms with Gasteiger partial charge in [-0.25, -0.2) is 0 Å². The third-order valence-corrected chi connectivity index (χ3v) is 6.71. The summed E-state index contributed by atoms with van der Waals surface area (Å²) < 4.78 is 5.24. The van der Waals surface area contributed by atoms with Gasteiger partial charge in [0.05, 0.1) is 20.1 Å². The summed E-state index contributed by atoms with van der Waals surface area (Å²) in [6.07, 6.45) is 0.370. The van der Waals surface area contributed by atoms with Gasteiger partial charge in [-0.05, 0) is 30.2 Å². The van der Waals surface area contributed by atoms with Crippen LogP contribution in [0.4, 0.5) is 0 Å². The zero-order valence-electron chi connectivity index (χ0n) is 19.5. The summed E-state index contributed by atoms with van der Waals surface area (Å²) in [5.41, 5.74) is 3.18. The first-order chi connectivity index (χ1) is 16.5. The molecule has 1 aliphatic heterocycles. The minimum absolute atomic E-state index is 0.122. The van der Waals surface area contributed by atoms with Crippen LogP contribution in [0.25, 0.3) is 0 Å². The first-order valence-electron chi connectivity index (χ1n) is 11.3. The molecule has 2 amide bonds. The molecule has 0 unspecified atom stereocenters. The van der Waals surface area contributed by atoms with E-state index in [1.807, 2.05) is 60.4 Å². The van der Waals surface area contributed by atoms with E-state index in [9.17, 15) is 9.59 Å². The fourth-order valence-electron chi connectivity index (χ4n) is 3.79. The van der Waals surface area contributed by atoms with Gasteiger partial charge in [-0.2, -0.15) is 0 Å². The number of nitrogens with zero attached hydrogens (tertiary/aromatic N) is 4. The highest BCUT2D eigenvalue weighted by Crippen LogP contribution is 2.16. The summed E-state index contributed by atoms with van der Waals surface area (Å²) in [7, 11) is 1.62. The lowest BCUT2D eigenvalue weighted by atomic mass is 10.1. The number of benzene rings is 2. The lowest BCUT2D eigenvalue weighted by molar-refractivity contribution is -0.132. The molecule has 4 rings (SSSR count). The largest absolute Gasteiger partial charge is 0.497 e. The summed E-state index contributed by atoms with van der Waals surface area (Å²) in [6, 6.07) is 15.7. The number of hydrogen-bond donors (Lipinski definition) is 1. The van der Waals surface area contributed by atoms with Crippen LogP contribution < -0.4 is 10.1 Å². The van der Waals surface area contributed by atoms with Crippen LogP contribution in [0.5, 0.6) is 5.75 Å². The van der Waals surface area contributed by atoms with Gasteiger partial charge in [0.1, 0.15) is 10.8 Å². The number of hydrogen-bond acceptors (Lipinski definition) is 7. The van der Waals surface area contributed by atoms with Crippen molar-refractivity contribution in [2.75, 3.05) is 33.3 Å². The molecule has 9 heteroatoms. The van der Waals surface area contributed by atoms with Gasteiger partial charge in [-0.3, -0.25) is 14.5 Å². The number of piperazine rings is 1. The average molecular weight is 480 g/mol. The molecular formula is C25H29N5O3S. The molecule has 178 valence electrons. The van der Waals surface area contributed by atoms with Crippen molar-refractivity contribution in [1.29, 1.82) is 0 Å². The van der Waals surface area contributed by atoms with E-state index < -0.39 is 0 Å². The van der Waals surface area contributed by atoms with Crippen molar-refractivity contribution in [2.24, 2.45) is 0 Å². The van der Waals surface area contributed by atoms with Gasteiger partial charge in [0.25, 0.3) is 5.91 Å². The zero-order valence-corrected chi connectivity index (χ0v) is 20.3. The van der Waals surface area contributed by atoms with Gasteiger partial charge in [0, 0.05) is 32.7 Å². The number of nitrogens with one attached hydrogen (secondary N) is 1. The van der Waals surface area contributed by atoms with Gasteiger partial charge in [-0.15, -0.1) is 10.2 Å². The van der Waals surface area contributed by atoms with Crippen LogP contribution in [0.3, 0.4) is 0 Å². The minimum atomic E-state index is -0.211. The number of ether oxygens (including phenoxy) is 1. The average Bonchev–Trinajstić information content (AvgIpc) is 3.32. The van der Waals surface area contributed by atoms with Crippen LogP contribution in [-0.2, 0) is 24.3 Å². The van der Waals surface area contributed by atoms with Crippen LogP contribution in [-0.4, -0.2) is 65.1 Å². The van der Waals surface area contributed by atoms with E-state index in [1.54, 1.807) is 7.11 Å². The van der Waals surface area contributed by atoms with E-state index in [0.717, 1.165) is 35.0 Å². The monoisotopic (exact) mass is 479 g/mol. The Balaban J connectivity index is 1.22. The molecule has 2 aromatic carbocycles. The van der Waals surface area contributed by atoms with Crippen molar-refractivity contribution >= 4 is 23.2 Å². The van der Waals surface area contributed by atoms with E-state index in [2.05, 4.69) is 20.4 Å².